The first-order chi connectivity index (χ1) is 12.5. The Bertz CT molecular complexity index is 834. The molecule has 2 aromatic rings. The first kappa shape index (κ1) is 17.8. The number of likely N-dealkylation sites (tertiary alicyclic amines) is 1. The molecule has 1 amide bonds. The predicted molar refractivity (Wildman–Crippen MR) is 98.4 cm³/mol. The van der Waals surface area contributed by atoms with E-state index >= 15 is 0 Å². The van der Waals surface area contributed by atoms with Gasteiger partial charge in [-0.3, -0.25) is 4.79 Å². The van der Waals surface area contributed by atoms with Crippen LogP contribution < -0.4 is 5.73 Å². The molecule has 0 radical (unpaired) electrons. The summed E-state index contributed by atoms with van der Waals surface area (Å²) in [5, 5.41) is 4.90. The molecule has 26 heavy (non-hydrogen) atoms. The van der Waals surface area contributed by atoms with Crippen LogP contribution in [-0.2, 0) is 5.54 Å². The number of amides is 1. The van der Waals surface area contributed by atoms with Gasteiger partial charge < -0.3 is 15.2 Å². The van der Waals surface area contributed by atoms with E-state index in [1.54, 1.807) is 23.1 Å². The first-order valence-electron chi connectivity index (χ1n) is 8.83. The molecule has 2 fully saturated rings. The molecule has 2 aliphatic rings. The quantitative estimate of drug-likeness (QED) is 0.856. The van der Waals surface area contributed by atoms with Gasteiger partial charge in [0.1, 0.15) is 0 Å². The third-order valence-electron chi connectivity index (χ3n) is 5.36. The van der Waals surface area contributed by atoms with Crippen LogP contribution in [0.2, 0.25) is 10.0 Å². The highest BCUT2D eigenvalue weighted by Crippen LogP contribution is 2.38. The SMILES string of the molecule is NC1(c2noc(C3CCCN(C(=O)c4ccc(Cl)c(Cl)c4)C3)n2)CCC1. The highest BCUT2D eigenvalue weighted by molar-refractivity contribution is 6.42. The van der Waals surface area contributed by atoms with Crippen molar-refractivity contribution >= 4 is 29.1 Å². The number of hydrogen-bond donors (Lipinski definition) is 1. The Morgan fingerprint density at radius 1 is 1.27 bits per heavy atom. The Balaban J connectivity index is 1.49. The van der Waals surface area contributed by atoms with Crippen molar-refractivity contribution in [3.05, 3.63) is 45.5 Å². The van der Waals surface area contributed by atoms with E-state index in [1.165, 1.54) is 0 Å². The van der Waals surface area contributed by atoms with Crippen LogP contribution in [0.1, 0.15) is 60.1 Å². The molecule has 0 bridgehead atoms. The maximum atomic E-state index is 12.8. The standard InChI is InChI=1S/C18H20Cl2N4O2/c19-13-5-4-11(9-14(13)20)16(25)24-8-1-3-12(10-24)15-22-17(23-26-15)18(21)6-2-7-18/h4-5,9,12H,1-3,6-8,10,21H2. The minimum atomic E-state index is -0.439. The number of aromatic nitrogens is 2. The fraction of sp³-hybridized carbons (Fsp3) is 0.500. The van der Waals surface area contributed by atoms with E-state index in [0.717, 1.165) is 32.1 Å². The Morgan fingerprint density at radius 3 is 2.77 bits per heavy atom. The van der Waals surface area contributed by atoms with Crippen LogP contribution in [0.4, 0.5) is 0 Å². The lowest BCUT2D eigenvalue weighted by atomic mass is 9.77. The van der Waals surface area contributed by atoms with Crippen LogP contribution in [0.5, 0.6) is 0 Å². The highest BCUT2D eigenvalue weighted by atomic mass is 35.5. The van der Waals surface area contributed by atoms with Crippen molar-refractivity contribution in [1.82, 2.24) is 15.0 Å². The van der Waals surface area contributed by atoms with Crippen molar-refractivity contribution in [3.63, 3.8) is 0 Å². The zero-order valence-electron chi connectivity index (χ0n) is 14.3. The normalized spacial score (nSPS) is 22.1. The van der Waals surface area contributed by atoms with E-state index in [1.807, 2.05) is 0 Å². The summed E-state index contributed by atoms with van der Waals surface area (Å²) in [6.07, 6.45) is 4.65. The second kappa shape index (κ2) is 6.83. The molecule has 8 heteroatoms. The molecule has 138 valence electrons. The molecule has 6 nitrogen and oxygen atoms in total. The van der Waals surface area contributed by atoms with Gasteiger partial charge in [0, 0.05) is 18.7 Å². The molecule has 1 saturated carbocycles. The van der Waals surface area contributed by atoms with Gasteiger partial charge in [0.05, 0.1) is 21.5 Å². The minimum Gasteiger partial charge on any atom is -0.339 e. The molecule has 2 N–H and O–H groups in total. The van der Waals surface area contributed by atoms with Crippen LogP contribution in [-0.4, -0.2) is 34.0 Å². The van der Waals surface area contributed by atoms with Crippen LogP contribution >= 0.6 is 23.2 Å². The summed E-state index contributed by atoms with van der Waals surface area (Å²) in [7, 11) is 0. The Morgan fingerprint density at radius 2 is 2.08 bits per heavy atom. The summed E-state index contributed by atoms with van der Waals surface area (Å²) in [6, 6.07) is 4.94. The number of nitrogens with zero attached hydrogens (tertiary/aromatic N) is 3. The summed E-state index contributed by atoms with van der Waals surface area (Å²) >= 11 is 12.0. The number of carbonyl (C=O) groups is 1. The van der Waals surface area contributed by atoms with Crippen LogP contribution in [0, 0.1) is 0 Å². The summed E-state index contributed by atoms with van der Waals surface area (Å²) in [5.74, 6) is 1.12. The molecular weight excluding hydrogens is 375 g/mol. The summed E-state index contributed by atoms with van der Waals surface area (Å²) in [4.78, 5) is 19.1. The van der Waals surface area contributed by atoms with Crippen molar-refractivity contribution < 1.29 is 9.32 Å². The number of carbonyl (C=O) groups excluding carboxylic acids is 1. The van der Waals surface area contributed by atoms with Crippen molar-refractivity contribution in [2.24, 2.45) is 5.73 Å². The lowest BCUT2D eigenvalue weighted by molar-refractivity contribution is 0.0695. The summed E-state index contributed by atoms with van der Waals surface area (Å²) in [5.41, 5.74) is 6.36. The predicted octanol–water partition coefficient (Wildman–Crippen LogP) is 3.73. The first-order valence-corrected chi connectivity index (χ1v) is 9.59. The Labute approximate surface area is 161 Å². The van der Waals surface area contributed by atoms with Crippen LogP contribution in [0.15, 0.2) is 22.7 Å². The van der Waals surface area contributed by atoms with Crippen molar-refractivity contribution in [2.45, 2.75) is 43.6 Å². The molecule has 1 saturated heterocycles. The number of piperidine rings is 1. The van der Waals surface area contributed by atoms with E-state index in [4.69, 9.17) is 33.5 Å². The molecule has 1 aromatic heterocycles. The summed E-state index contributed by atoms with van der Waals surface area (Å²) < 4.78 is 5.48. The lowest BCUT2D eigenvalue weighted by Gasteiger charge is -2.34. The highest BCUT2D eigenvalue weighted by Gasteiger charge is 2.40. The Kier molecular flexibility index (Phi) is 4.67. The molecule has 1 aromatic carbocycles. The second-order valence-electron chi connectivity index (χ2n) is 7.19. The molecule has 4 rings (SSSR count). The number of hydrogen-bond acceptors (Lipinski definition) is 5. The van der Waals surface area contributed by atoms with Crippen molar-refractivity contribution in [2.75, 3.05) is 13.1 Å². The van der Waals surface area contributed by atoms with Crippen molar-refractivity contribution in [1.29, 1.82) is 0 Å². The monoisotopic (exact) mass is 394 g/mol. The lowest BCUT2D eigenvalue weighted by Crippen LogP contribution is -2.44. The third kappa shape index (κ3) is 3.21. The van der Waals surface area contributed by atoms with Gasteiger partial charge in [0.2, 0.25) is 5.89 Å². The molecule has 1 aliphatic carbocycles. The molecule has 0 spiro atoms. The van der Waals surface area contributed by atoms with E-state index in [-0.39, 0.29) is 11.8 Å². The van der Waals surface area contributed by atoms with Gasteiger partial charge in [0.25, 0.3) is 5.91 Å². The van der Waals surface area contributed by atoms with Gasteiger partial charge in [-0.15, -0.1) is 0 Å². The van der Waals surface area contributed by atoms with Gasteiger partial charge in [-0.1, -0.05) is 28.4 Å². The van der Waals surface area contributed by atoms with E-state index in [2.05, 4.69) is 10.1 Å². The number of halogens is 2. The average molecular weight is 395 g/mol. The number of nitrogens with two attached hydrogens (primary N) is 1. The molecule has 2 heterocycles. The average Bonchev–Trinajstić information content (AvgIpc) is 3.12. The van der Waals surface area contributed by atoms with Gasteiger partial charge in [-0.25, -0.2) is 0 Å². The maximum absolute atomic E-state index is 12.8. The third-order valence-corrected chi connectivity index (χ3v) is 6.10. The molecular formula is C18H20Cl2N4O2. The van der Waals surface area contributed by atoms with Gasteiger partial charge in [-0.2, -0.15) is 4.98 Å². The van der Waals surface area contributed by atoms with Gasteiger partial charge >= 0.3 is 0 Å². The van der Waals surface area contributed by atoms with Crippen LogP contribution in [0.3, 0.4) is 0 Å². The van der Waals surface area contributed by atoms with Crippen LogP contribution in [0.25, 0.3) is 0 Å². The fourth-order valence-electron chi connectivity index (χ4n) is 3.56. The zero-order valence-corrected chi connectivity index (χ0v) is 15.8. The van der Waals surface area contributed by atoms with E-state index in [0.29, 0.717) is 40.4 Å². The smallest absolute Gasteiger partial charge is 0.253 e. The molecule has 1 unspecified atom stereocenters. The zero-order chi connectivity index (χ0) is 18.3. The Hall–Kier alpha value is -1.63. The fourth-order valence-corrected chi connectivity index (χ4v) is 3.86. The molecule has 1 atom stereocenters. The van der Waals surface area contributed by atoms with E-state index in [9.17, 15) is 4.79 Å². The largest absolute Gasteiger partial charge is 0.339 e. The maximum Gasteiger partial charge on any atom is 0.253 e. The number of rotatable bonds is 3. The topological polar surface area (TPSA) is 85.2 Å². The molecule has 1 aliphatic heterocycles. The van der Waals surface area contributed by atoms with Crippen molar-refractivity contribution in [3.8, 4) is 0 Å². The summed E-state index contributed by atoms with van der Waals surface area (Å²) in [6.45, 7) is 1.23. The minimum absolute atomic E-state index is 0.0281. The number of benzene rings is 1. The van der Waals surface area contributed by atoms with E-state index < -0.39 is 5.54 Å². The van der Waals surface area contributed by atoms with Gasteiger partial charge in [-0.05, 0) is 50.3 Å². The second-order valence-corrected chi connectivity index (χ2v) is 8.00. The van der Waals surface area contributed by atoms with Gasteiger partial charge in [0.15, 0.2) is 5.82 Å².